The molecule has 1 fully saturated rings. The lowest BCUT2D eigenvalue weighted by Gasteiger charge is -2.43. The molecule has 0 aromatic rings. The smallest absolute Gasteiger partial charge is 0.0837 e. The Kier molecular flexibility index (Phi) is 5.34. The quantitative estimate of drug-likeness (QED) is 0.682. The Morgan fingerprint density at radius 2 is 2.07 bits per heavy atom. The van der Waals surface area contributed by atoms with Crippen LogP contribution in [0.4, 0.5) is 0 Å². The minimum Gasteiger partial charge on any atom is -0.374 e. The Morgan fingerprint density at radius 1 is 1.40 bits per heavy atom. The van der Waals surface area contributed by atoms with Crippen LogP contribution in [0.15, 0.2) is 12.7 Å². The highest BCUT2D eigenvalue weighted by Gasteiger charge is 2.39. The molecule has 15 heavy (non-hydrogen) atoms. The van der Waals surface area contributed by atoms with Crippen LogP contribution in [-0.4, -0.2) is 25.3 Å². The third-order valence-corrected chi connectivity index (χ3v) is 3.52. The molecule has 1 rings (SSSR count). The second-order valence-corrected chi connectivity index (χ2v) is 4.42. The summed E-state index contributed by atoms with van der Waals surface area (Å²) in [5.74, 6) is 0. The van der Waals surface area contributed by atoms with E-state index in [-0.39, 0.29) is 5.60 Å². The Bertz CT molecular complexity index is 179. The Balaban J connectivity index is 2.71. The molecule has 0 heterocycles. The standard InChI is InChI=1S/C13H25NO/c1-4-9-12(14-3)13(15-5-2)10-7-6-8-11-13/h4,12,14H,1,5-11H2,2-3H3. The van der Waals surface area contributed by atoms with Crippen LogP contribution >= 0.6 is 0 Å². The van der Waals surface area contributed by atoms with Gasteiger partial charge >= 0.3 is 0 Å². The molecule has 88 valence electrons. The van der Waals surface area contributed by atoms with Crippen molar-refractivity contribution in [2.45, 2.75) is 57.1 Å². The molecule has 0 bridgehead atoms. The second kappa shape index (κ2) is 6.29. The average molecular weight is 211 g/mol. The maximum Gasteiger partial charge on any atom is 0.0837 e. The van der Waals surface area contributed by atoms with Gasteiger partial charge in [-0.1, -0.05) is 25.3 Å². The van der Waals surface area contributed by atoms with Crippen LogP contribution in [0, 0.1) is 0 Å². The van der Waals surface area contributed by atoms with Crippen LogP contribution in [0.5, 0.6) is 0 Å². The zero-order valence-corrected chi connectivity index (χ0v) is 10.2. The fourth-order valence-corrected chi connectivity index (χ4v) is 2.79. The lowest BCUT2D eigenvalue weighted by molar-refractivity contribution is -0.0878. The van der Waals surface area contributed by atoms with Gasteiger partial charge in [-0.05, 0) is 33.2 Å². The monoisotopic (exact) mass is 211 g/mol. The molecule has 0 saturated heterocycles. The average Bonchev–Trinajstić information content (AvgIpc) is 2.27. The van der Waals surface area contributed by atoms with Gasteiger partial charge in [-0.15, -0.1) is 6.58 Å². The number of nitrogens with one attached hydrogen (secondary N) is 1. The number of likely N-dealkylation sites (N-methyl/N-ethyl adjacent to an activating group) is 1. The highest BCUT2D eigenvalue weighted by molar-refractivity contribution is 4.97. The van der Waals surface area contributed by atoms with E-state index in [4.69, 9.17) is 4.74 Å². The van der Waals surface area contributed by atoms with Gasteiger partial charge in [0.05, 0.1) is 5.60 Å². The number of hydrogen-bond acceptors (Lipinski definition) is 2. The van der Waals surface area contributed by atoms with Crippen molar-refractivity contribution in [3.05, 3.63) is 12.7 Å². The van der Waals surface area contributed by atoms with Gasteiger partial charge < -0.3 is 10.1 Å². The van der Waals surface area contributed by atoms with E-state index in [1.54, 1.807) is 0 Å². The van der Waals surface area contributed by atoms with Crippen molar-refractivity contribution in [1.82, 2.24) is 5.32 Å². The molecule has 0 aromatic heterocycles. The molecule has 1 aliphatic rings. The molecule has 1 N–H and O–H groups in total. The first kappa shape index (κ1) is 12.7. The van der Waals surface area contributed by atoms with E-state index in [0.29, 0.717) is 6.04 Å². The maximum absolute atomic E-state index is 6.07. The third kappa shape index (κ3) is 3.05. The zero-order valence-electron chi connectivity index (χ0n) is 10.2. The van der Waals surface area contributed by atoms with E-state index in [1.165, 1.54) is 32.1 Å². The largest absolute Gasteiger partial charge is 0.374 e. The summed E-state index contributed by atoms with van der Waals surface area (Å²) in [6, 6.07) is 0.426. The van der Waals surface area contributed by atoms with Gasteiger partial charge in [0.15, 0.2) is 0 Å². The minimum atomic E-state index is 0.0654. The SMILES string of the molecule is C=CCC(NC)C1(OCC)CCCCC1. The maximum atomic E-state index is 6.07. The molecule has 0 amide bonds. The summed E-state index contributed by atoms with van der Waals surface area (Å²) in [5, 5.41) is 3.40. The summed E-state index contributed by atoms with van der Waals surface area (Å²) in [5.41, 5.74) is 0.0654. The van der Waals surface area contributed by atoms with Crippen molar-refractivity contribution < 1.29 is 4.74 Å². The van der Waals surface area contributed by atoms with Crippen LogP contribution in [0.25, 0.3) is 0 Å². The van der Waals surface area contributed by atoms with Gasteiger partial charge in [0, 0.05) is 12.6 Å². The van der Waals surface area contributed by atoms with Gasteiger partial charge in [-0.2, -0.15) is 0 Å². The summed E-state index contributed by atoms with van der Waals surface area (Å²) in [6.45, 7) is 6.75. The first-order valence-corrected chi connectivity index (χ1v) is 6.21. The Morgan fingerprint density at radius 3 is 2.53 bits per heavy atom. The number of hydrogen-bond donors (Lipinski definition) is 1. The molecule has 2 nitrogen and oxygen atoms in total. The molecule has 1 atom stereocenters. The van der Waals surface area contributed by atoms with Crippen molar-refractivity contribution >= 4 is 0 Å². The normalized spacial score (nSPS) is 22.3. The van der Waals surface area contributed by atoms with Crippen LogP contribution < -0.4 is 5.32 Å². The molecule has 1 aliphatic carbocycles. The van der Waals surface area contributed by atoms with Crippen LogP contribution in [0.2, 0.25) is 0 Å². The Labute approximate surface area is 94.1 Å². The van der Waals surface area contributed by atoms with Gasteiger partial charge in [-0.25, -0.2) is 0 Å². The van der Waals surface area contributed by atoms with Crippen molar-refractivity contribution in [2.24, 2.45) is 0 Å². The van der Waals surface area contributed by atoms with Crippen molar-refractivity contribution in [2.75, 3.05) is 13.7 Å². The highest BCUT2D eigenvalue weighted by Crippen LogP contribution is 2.35. The Hall–Kier alpha value is -0.340. The van der Waals surface area contributed by atoms with Crippen molar-refractivity contribution in [3.63, 3.8) is 0 Å². The van der Waals surface area contributed by atoms with E-state index in [9.17, 15) is 0 Å². The van der Waals surface area contributed by atoms with Crippen molar-refractivity contribution in [1.29, 1.82) is 0 Å². The molecule has 0 aromatic carbocycles. The highest BCUT2D eigenvalue weighted by atomic mass is 16.5. The summed E-state index contributed by atoms with van der Waals surface area (Å²) >= 11 is 0. The lowest BCUT2D eigenvalue weighted by Crippen LogP contribution is -2.52. The van der Waals surface area contributed by atoms with Crippen LogP contribution in [0.3, 0.4) is 0 Å². The van der Waals surface area contributed by atoms with Crippen molar-refractivity contribution in [3.8, 4) is 0 Å². The zero-order chi connectivity index (χ0) is 11.1. The topological polar surface area (TPSA) is 21.3 Å². The number of ether oxygens (including phenoxy) is 1. The first-order valence-electron chi connectivity index (χ1n) is 6.21. The third-order valence-electron chi connectivity index (χ3n) is 3.52. The molecule has 0 radical (unpaired) electrons. The van der Waals surface area contributed by atoms with Crippen LogP contribution in [0.1, 0.15) is 45.4 Å². The predicted molar refractivity (Wildman–Crippen MR) is 65.1 cm³/mol. The van der Waals surface area contributed by atoms with Gasteiger partial charge in [-0.3, -0.25) is 0 Å². The second-order valence-electron chi connectivity index (χ2n) is 4.42. The predicted octanol–water partition coefficient (Wildman–Crippen LogP) is 2.89. The molecule has 0 aliphatic heterocycles. The first-order chi connectivity index (χ1) is 7.29. The lowest BCUT2D eigenvalue weighted by atomic mass is 9.78. The van der Waals surface area contributed by atoms with E-state index < -0.39 is 0 Å². The molecule has 1 saturated carbocycles. The fraction of sp³-hybridized carbons (Fsp3) is 0.846. The van der Waals surface area contributed by atoms with Gasteiger partial charge in [0.25, 0.3) is 0 Å². The van der Waals surface area contributed by atoms with E-state index in [0.717, 1.165) is 13.0 Å². The molecular formula is C13H25NO. The van der Waals surface area contributed by atoms with E-state index >= 15 is 0 Å². The fourth-order valence-electron chi connectivity index (χ4n) is 2.79. The van der Waals surface area contributed by atoms with Gasteiger partial charge in [0.2, 0.25) is 0 Å². The summed E-state index contributed by atoms with van der Waals surface area (Å²) in [6.07, 6.45) is 9.34. The summed E-state index contributed by atoms with van der Waals surface area (Å²) in [7, 11) is 2.03. The number of rotatable bonds is 6. The minimum absolute atomic E-state index is 0.0654. The molecule has 2 heteroatoms. The van der Waals surface area contributed by atoms with Crippen LogP contribution in [-0.2, 0) is 4.74 Å². The summed E-state index contributed by atoms with van der Waals surface area (Å²) in [4.78, 5) is 0. The van der Waals surface area contributed by atoms with E-state index in [2.05, 4.69) is 18.8 Å². The molecular weight excluding hydrogens is 186 g/mol. The molecule has 1 unspecified atom stereocenters. The molecule has 0 spiro atoms. The van der Waals surface area contributed by atoms with E-state index in [1.807, 2.05) is 13.1 Å². The summed E-state index contributed by atoms with van der Waals surface area (Å²) < 4.78 is 6.07. The van der Waals surface area contributed by atoms with Gasteiger partial charge in [0.1, 0.15) is 0 Å².